The maximum atomic E-state index is 10.4. The third-order valence-electron chi connectivity index (χ3n) is 12.5. The van der Waals surface area contributed by atoms with Crippen LogP contribution in [-0.4, -0.2) is 33.9 Å². The first kappa shape index (κ1) is 37.3. The first-order valence-corrected chi connectivity index (χ1v) is 23.7. The van der Waals surface area contributed by atoms with Gasteiger partial charge in [-0.2, -0.15) is 0 Å². The van der Waals surface area contributed by atoms with E-state index in [1.54, 1.807) is 11.1 Å². The van der Waals surface area contributed by atoms with Gasteiger partial charge in [-0.3, -0.25) is 0 Å². The predicted molar refractivity (Wildman–Crippen MR) is 203 cm³/mol. The molecule has 0 aliphatic heterocycles. The third-order valence-corrected chi connectivity index (χ3v) is 21.5. The topological polar surface area (TPSA) is 38.7 Å². The summed E-state index contributed by atoms with van der Waals surface area (Å²) in [6, 6.07) is 8.47. The van der Waals surface area contributed by atoms with Crippen LogP contribution < -0.4 is 0 Å². The highest BCUT2D eigenvalue weighted by molar-refractivity contribution is 6.74. The van der Waals surface area contributed by atoms with Gasteiger partial charge < -0.3 is 14.0 Å². The number of hydrogen-bond donors (Lipinski definition) is 1. The molecule has 0 radical (unpaired) electrons. The van der Waals surface area contributed by atoms with E-state index in [0.717, 1.165) is 30.4 Å². The number of hydrogen-bond acceptors (Lipinski definition) is 3. The van der Waals surface area contributed by atoms with Gasteiger partial charge in [0.15, 0.2) is 16.6 Å². The largest absolute Gasteiger partial charge is 0.413 e. The smallest absolute Gasteiger partial charge is 0.192 e. The normalized spacial score (nSPS) is 29.6. The molecule has 4 atom stereocenters. The van der Waals surface area contributed by atoms with E-state index in [1.165, 1.54) is 36.8 Å². The molecule has 4 rings (SSSR count). The number of aliphatic hydroxyl groups is 1. The van der Waals surface area contributed by atoms with Crippen molar-refractivity contribution in [2.24, 2.45) is 11.3 Å². The zero-order chi connectivity index (χ0) is 34.5. The maximum absolute atomic E-state index is 10.4. The van der Waals surface area contributed by atoms with Crippen LogP contribution in [0.4, 0.5) is 0 Å². The highest BCUT2D eigenvalue weighted by Gasteiger charge is 2.47. The van der Waals surface area contributed by atoms with Crippen LogP contribution in [0.15, 0.2) is 65.3 Å². The van der Waals surface area contributed by atoms with Crippen molar-refractivity contribution in [1.29, 1.82) is 0 Å². The summed E-state index contributed by atoms with van der Waals surface area (Å²) < 4.78 is 14.2. The predicted octanol–water partition coefficient (Wildman–Crippen LogP) is 11.9. The van der Waals surface area contributed by atoms with Crippen LogP contribution in [0.3, 0.4) is 0 Å². The molecule has 3 aliphatic rings. The molecule has 3 nitrogen and oxygen atoms in total. The van der Waals surface area contributed by atoms with Crippen LogP contribution in [0.2, 0.25) is 36.3 Å². The van der Waals surface area contributed by atoms with Crippen LogP contribution in [0, 0.1) is 11.3 Å². The Bertz CT molecular complexity index is 1360. The van der Waals surface area contributed by atoms with Gasteiger partial charge in [-0.05, 0) is 122 Å². The zero-order valence-corrected chi connectivity index (χ0v) is 33.7. The van der Waals surface area contributed by atoms with Gasteiger partial charge in [0.1, 0.15) is 0 Å². The van der Waals surface area contributed by atoms with Crippen molar-refractivity contribution < 1.29 is 14.0 Å². The highest BCUT2D eigenvalue weighted by atomic mass is 28.4. The lowest BCUT2D eigenvalue weighted by atomic mass is 9.65. The summed E-state index contributed by atoms with van der Waals surface area (Å²) in [7, 11) is -3.93. The van der Waals surface area contributed by atoms with Gasteiger partial charge in [-0.15, -0.1) is 0 Å². The molecule has 1 aromatic rings. The van der Waals surface area contributed by atoms with Gasteiger partial charge in [0.2, 0.25) is 0 Å². The van der Waals surface area contributed by atoms with E-state index in [2.05, 4.69) is 124 Å². The van der Waals surface area contributed by atoms with E-state index in [9.17, 15) is 5.11 Å². The number of rotatable bonds is 7. The number of fused-ring (bicyclic) bond motifs is 1. The van der Waals surface area contributed by atoms with Crippen molar-refractivity contribution in [3.8, 4) is 0 Å². The molecule has 3 saturated carbocycles. The first-order chi connectivity index (χ1) is 20.9. The Labute approximate surface area is 284 Å². The molecule has 46 heavy (non-hydrogen) atoms. The lowest BCUT2D eigenvalue weighted by Crippen LogP contribution is -2.49. The summed E-state index contributed by atoms with van der Waals surface area (Å²) >= 11 is 0. The maximum Gasteiger partial charge on any atom is 0.192 e. The van der Waals surface area contributed by atoms with Crippen molar-refractivity contribution in [3.63, 3.8) is 0 Å². The van der Waals surface area contributed by atoms with E-state index in [1.807, 2.05) is 13.8 Å². The second kappa shape index (κ2) is 13.1. The molecule has 256 valence electrons. The molecule has 3 fully saturated rings. The van der Waals surface area contributed by atoms with Crippen molar-refractivity contribution in [2.75, 3.05) is 0 Å². The zero-order valence-electron chi connectivity index (χ0n) is 31.7. The Balaban J connectivity index is 1.62. The molecule has 0 amide bonds. The third kappa shape index (κ3) is 8.02. The fraction of sp³-hybridized carbons (Fsp3) is 0.659. The summed E-state index contributed by atoms with van der Waals surface area (Å²) in [6.45, 7) is 34.3. The minimum atomic E-state index is -1.99. The first-order valence-electron chi connectivity index (χ1n) is 17.9. The van der Waals surface area contributed by atoms with Crippen LogP contribution >= 0.6 is 0 Å². The van der Waals surface area contributed by atoms with Crippen LogP contribution in [-0.2, 0) is 14.5 Å². The van der Waals surface area contributed by atoms with Crippen LogP contribution in [0.5, 0.6) is 0 Å². The van der Waals surface area contributed by atoms with Crippen LogP contribution in [0.25, 0.3) is 6.08 Å². The molecule has 0 bridgehead atoms. The Kier molecular flexibility index (Phi) is 10.6. The quantitative estimate of drug-likeness (QED) is 0.295. The summed E-state index contributed by atoms with van der Waals surface area (Å²) in [5.41, 5.74) is 7.25. The molecule has 0 saturated heterocycles. The lowest BCUT2D eigenvalue weighted by molar-refractivity contribution is 0.0786. The minimum Gasteiger partial charge on any atom is -0.413 e. The summed E-state index contributed by atoms with van der Waals surface area (Å²) in [5, 5.41) is 10.7. The summed E-state index contributed by atoms with van der Waals surface area (Å²) in [6.07, 6.45) is 15.3. The van der Waals surface area contributed by atoms with Gasteiger partial charge >= 0.3 is 0 Å². The van der Waals surface area contributed by atoms with Crippen molar-refractivity contribution in [1.82, 2.24) is 0 Å². The molecule has 1 N–H and O–H groups in total. The van der Waals surface area contributed by atoms with Gasteiger partial charge in [-0.25, -0.2) is 0 Å². The van der Waals surface area contributed by atoms with Crippen molar-refractivity contribution in [3.05, 3.63) is 76.4 Å². The number of benzene rings is 1. The van der Waals surface area contributed by atoms with E-state index < -0.39 is 22.2 Å². The Hall–Kier alpha value is -1.51. The van der Waals surface area contributed by atoms with E-state index in [0.29, 0.717) is 5.92 Å². The lowest BCUT2D eigenvalue weighted by Gasteiger charge is -2.45. The molecule has 0 unspecified atom stereocenters. The molecule has 5 heteroatoms. The second-order valence-corrected chi connectivity index (χ2v) is 28.0. The number of allylic oxidation sites excluding steroid dienone is 4. The monoisotopic (exact) mass is 662 g/mol. The fourth-order valence-electron chi connectivity index (χ4n) is 7.28. The highest BCUT2D eigenvalue weighted by Crippen LogP contribution is 2.57. The van der Waals surface area contributed by atoms with Gasteiger partial charge in [0, 0.05) is 6.42 Å². The van der Waals surface area contributed by atoms with Crippen molar-refractivity contribution >= 4 is 22.7 Å². The Morgan fingerprint density at radius 3 is 2.02 bits per heavy atom. The Morgan fingerprint density at radius 1 is 0.870 bits per heavy atom. The van der Waals surface area contributed by atoms with Gasteiger partial charge in [0.25, 0.3) is 0 Å². The fourth-order valence-corrected chi connectivity index (χ4v) is 9.95. The van der Waals surface area contributed by atoms with Gasteiger partial charge in [0.05, 0.1) is 17.8 Å². The van der Waals surface area contributed by atoms with Crippen LogP contribution in [0.1, 0.15) is 118 Å². The Morgan fingerprint density at radius 2 is 1.46 bits per heavy atom. The molecule has 3 aliphatic carbocycles. The summed E-state index contributed by atoms with van der Waals surface area (Å²) in [4.78, 5) is 0. The molecular formula is C41H66O3Si2. The SMILES string of the molecule is C=C1/C(=C\C=C2/CCC[C@]3(C)/C(=C\c4ccc(C(C)(C)O)cc4)CC[C@@H]23)C[C@@H](O[Si](C)(C)C(C)(C)C)C[C@@H]1O[Si](C)(C)C(C)(C)C. The minimum absolute atomic E-state index is 0.00879. The van der Waals surface area contributed by atoms with E-state index in [4.69, 9.17) is 8.85 Å². The van der Waals surface area contributed by atoms with E-state index >= 15 is 0 Å². The second-order valence-electron chi connectivity index (χ2n) is 18.5. The van der Waals surface area contributed by atoms with Gasteiger partial charge in [-0.1, -0.05) is 109 Å². The average Bonchev–Trinajstić information content (AvgIpc) is 3.24. The molecular weight excluding hydrogens is 597 g/mol. The average molecular weight is 663 g/mol. The molecule has 1 aromatic carbocycles. The summed E-state index contributed by atoms with van der Waals surface area (Å²) in [5.74, 6) is 0.579. The standard InChI is InChI=1S/C41H66O3Si2/c1-29-32(27-35(43-45(11,12)38(2,3)4)28-37(29)44-46(13,14)39(5,6)7)20-19-31-16-15-25-41(10)34(23-24-36(31)41)26-30-17-21-33(22-18-30)40(8,9)42/h17-22,26,35-37,42H,1,15-16,23-25,27-28H2,2-14H3/b31-19+,32-20-,34-26-/t35-,36+,37+,41-/m1/s1. The molecule has 0 spiro atoms. The molecule has 0 aromatic heterocycles. The molecule has 0 heterocycles. The van der Waals surface area contributed by atoms with E-state index in [-0.39, 0.29) is 27.7 Å². The van der Waals surface area contributed by atoms with Crippen molar-refractivity contribution in [2.45, 2.75) is 161 Å².